The normalized spacial score (nSPS) is 17.8. The molecule has 7 heteroatoms. The van der Waals surface area contributed by atoms with Gasteiger partial charge in [-0.15, -0.1) is 0 Å². The maximum Gasteiger partial charge on any atom is 0.536 e. The number of fused-ring (bicyclic) bond motifs is 2. The Bertz CT molecular complexity index is 1110. The first kappa shape index (κ1) is 21.2. The van der Waals surface area contributed by atoms with Gasteiger partial charge in [-0.1, -0.05) is 0 Å². The molecule has 2 aliphatic rings. The van der Waals surface area contributed by atoms with E-state index < -0.39 is 7.26 Å². The van der Waals surface area contributed by atoms with Crippen molar-refractivity contribution >= 4 is 24.6 Å². The molecule has 3 heterocycles. The molecule has 1 aromatic carbocycles. The van der Waals surface area contributed by atoms with Crippen molar-refractivity contribution in [2.75, 3.05) is 19.8 Å². The molecule has 1 unspecified atom stereocenters. The van der Waals surface area contributed by atoms with Gasteiger partial charge in [0.2, 0.25) is 0 Å². The quantitative estimate of drug-likeness (QED) is 0.656. The van der Waals surface area contributed by atoms with E-state index in [1.54, 1.807) is 4.48 Å². The molecule has 1 atom stereocenters. The van der Waals surface area contributed by atoms with Gasteiger partial charge in [0.15, 0.2) is 11.4 Å². The summed E-state index contributed by atoms with van der Waals surface area (Å²) < 4.78 is 30.6. The predicted octanol–water partition coefficient (Wildman–Crippen LogP) is 4.02. The van der Waals surface area contributed by atoms with E-state index >= 15 is 4.32 Å². The number of hydrogen-bond donors (Lipinski definition) is 1. The van der Waals surface area contributed by atoms with Gasteiger partial charge in [-0.25, -0.2) is 0 Å². The lowest BCUT2D eigenvalue weighted by molar-refractivity contribution is -0.335. The van der Waals surface area contributed by atoms with Gasteiger partial charge in [0.25, 0.3) is 0 Å². The van der Waals surface area contributed by atoms with Gasteiger partial charge in [0, 0.05) is 40.6 Å². The highest BCUT2D eigenvalue weighted by Gasteiger charge is 2.37. The summed E-state index contributed by atoms with van der Waals surface area (Å²) in [6, 6.07) is 9.66. The van der Waals surface area contributed by atoms with E-state index in [1.165, 1.54) is 0 Å². The standard InChI is InChI=1S/C24H29BFN3O2/c1-4-30-20-11-9-18(23(16-20)31-5-2)8-10-19-15-17(3)24-21(12-13-27)22-7-6-14-28(22)25(26)29(19)24/h6-11,14-16,25H,4-5,12-13,27H2,1-3H3/b10-8+. The van der Waals surface area contributed by atoms with Crippen molar-refractivity contribution in [1.82, 2.24) is 4.48 Å². The van der Waals surface area contributed by atoms with E-state index in [0.717, 1.165) is 45.3 Å². The smallest absolute Gasteiger partial charge is 0.494 e. The molecule has 2 aliphatic heterocycles. The Morgan fingerprint density at radius 2 is 1.97 bits per heavy atom. The summed E-state index contributed by atoms with van der Waals surface area (Å²) >= 11 is 0. The van der Waals surface area contributed by atoms with Crippen LogP contribution in [0.1, 0.15) is 38.4 Å². The Morgan fingerprint density at radius 3 is 2.71 bits per heavy atom. The van der Waals surface area contributed by atoms with E-state index in [9.17, 15) is 0 Å². The minimum atomic E-state index is -2.28. The molecular formula is C24H29BFN3O2. The van der Waals surface area contributed by atoms with Gasteiger partial charge < -0.3 is 28.5 Å². The second kappa shape index (κ2) is 8.98. The fourth-order valence-corrected chi connectivity index (χ4v) is 4.47. The summed E-state index contributed by atoms with van der Waals surface area (Å²) in [6.45, 7) is 7.61. The molecule has 5 nitrogen and oxygen atoms in total. The molecule has 0 spiro atoms. The second-order valence-corrected chi connectivity index (χ2v) is 7.69. The summed E-state index contributed by atoms with van der Waals surface area (Å²) in [5.74, 6) is 1.52. The first-order chi connectivity index (χ1) is 15.1. The van der Waals surface area contributed by atoms with Crippen LogP contribution in [0.2, 0.25) is 0 Å². The number of aromatic nitrogens is 1. The molecule has 0 fully saturated rings. The molecule has 4 rings (SSSR count). The second-order valence-electron chi connectivity index (χ2n) is 7.69. The van der Waals surface area contributed by atoms with Gasteiger partial charge >= 0.3 is 7.26 Å². The first-order valence-corrected chi connectivity index (χ1v) is 10.9. The van der Waals surface area contributed by atoms with Crippen LogP contribution in [0.25, 0.3) is 11.6 Å². The Morgan fingerprint density at radius 1 is 1.16 bits per heavy atom. The Kier molecular flexibility index (Phi) is 6.14. The average molecular weight is 421 g/mol. The van der Waals surface area contributed by atoms with Crippen LogP contribution in [-0.2, 0) is 0 Å². The molecular weight excluding hydrogens is 392 g/mol. The van der Waals surface area contributed by atoms with Crippen molar-refractivity contribution in [3.8, 4) is 11.5 Å². The zero-order valence-corrected chi connectivity index (χ0v) is 18.4. The maximum absolute atomic E-state index is 15.6. The van der Waals surface area contributed by atoms with Crippen molar-refractivity contribution in [3.05, 3.63) is 71.2 Å². The third-order valence-corrected chi connectivity index (χ3v) is 5.71. The van der Waals surface area contributed by atoms with E-state index in [0.29, 0.717) is 26.2 Å². The molecule has 1 aromatic heterocycles. The molecule has 0 amide bonds. The van der Waals surface area contributed by atoms with E-state index in [1.807, 2.05) is 80.0 Å². The monoisotopic (exact) mass is 421 g/mol. The lowest BCUT2D eigenvalue weighted by atomic mass is 9.90. The maximum atomic E-state index is 15.6. The van der Waals surface area contributed by atoms with Gasteiger partial charge in [-0.2, -0.15) is 0 Å². The van der Waals surface area contributed by atoms with Crippen molar-refractivity contribution in [1.29, 1.82) is 0 Å². The average Bonchev–Trinajstić information content (AvgIpc) is 3.37. The number of allylic oxidation sites excluding steroid dienone is 3. The van der Waals surface area contributed by atoms with E-state index in [-0.39, 0.29) is 0 Å². The molecule has 162 valence electrons. The van der Waals surface area contributed by atoms with Crippen molar-refractivity contribution < 1.29 is 18.3 Å². The van der Waals surface area contributed by atoms with Crippen molar-refractivity contribution in [2.45, 2.75) is 27.2 Å². The van der Waals surface area contributed by atoms with Crippen LogP contribution in [-0.4, -0.2) is 41.7 Å². The number of ether oxygens (including phenoxy) is 2. The molecule has 2 N–H and O–H groups in total. The van der Waals surface area contributed by atoms with E-state index in [2.05, 4.69) is 0 Å². The van der Waals surface area contributed by atoms with Crippen molar-refractivity contribution in [2.24, 2.45) is 5.73 Å². The van der Waals surface area contributed by atoms with Gasteiger partial charge in [-0.05, 0) is 70.3 Å². The first-order valence-electron chi connectivity index (χ1n) is 10.9. The minimum Gasteiger partial charge on any atom is -0.494 e. The summed E-state index contributed by atoms with van der Waals surface area (Å²) in [7, 11) is -2.28. The van der Waals surface area contributed by atoms with Crippen LogP contribution in [0.3, 0.4) is 0 Å². The van der Waals surface area contributed by atoms with E-state index in [4.69, 9.17) is 15.2 Å². The molecule has 0 saturated carbocycles. The lowest BCUT2D eigenvalue weighted by Gasteiger charge is -2.29. The van der Waals surface area contributed by atoms with Gasteiger partial charge in [-0.3, -0.25) is 0 Å². The van der Waals surface area contributed by atoms with Crippen LogP contribution < -0.4 is 15.2 Å². The molecule has 0 bridgehead atoms. The zero-order valence-electron chi connectivity index (χ0n) is 18.4. The number of rotatable bonds is 8. The summed E-state index contributed by atoms with van der Waals surface area (Å²) in [6.07, 6.45) is 8.50. The van der Waals surface area contributed by atoms with Crippen LogP contribution in [0.4, 0.5) is 4.32 Å². The lowest BCUT2D eigenvalue weighted by Crippen LogP contribution is -2.40. The number of nitrogens with two attached hydrogens (primary N) is 1. The summed E-state index contributed by atoms with van der Waals surface area (Å²) in [4.78, 5) is 0. The van der Waals surface area contributed by atoms with Crippen LogP contribution in [0.15, 0.2) is 60.0 Å². The summed E-state index contributed by atoms with van der Waals surface area (Å²) in [5.41, 5.74) is 11.7. The minimum absolute atomic E-state index is 0.520. The fourth-order valence-electron chi connectivity index (χ4n) is 4.47. The highest BCUT2D eigenvalue weighted by molar-refractivity contribution is 6.43. The third-order valence-electron chi connectivity index (χ3n) is 5.71. The highest BCUT2D eigenvalue weighted by Crippen LogP contribution is 2.36. The number of benzene rings is 1. The Hall–Kier alpha value is -3.06. The molecule has 31 heavy (non-hydrogen) atoms. The number of halogens is 1. The molecule has 0 aliphatic carbocycles. The molecule has 2 aromatic rings. The number of nitrogens with zero attached hydrogens (tertiary/aromatic N) is 2. The molecule has 0 radical (unpaired) electrons. The number of hydrogen-bond acceptors (Lipinski definition) is 3. The summed E-state index contributed by atoms with van der Waals surface area (Å²) in [5, 5.41) is 0. The third kappa shape index (κ3) is 3.86. The van der Waals surface area contributed by atoms with Crippen LogP contribution in [0.5, 0.6) is 11.5 Å². The highest BCUT2D eigenvalue weighted by atomic mass is 19.1. The SMILES string of the molecule is CCOc1ccc(/C=C/C2=[N+]3[BH-](F)n4cccc4C(CCN)=C3C(C)=C2)c(OCC)c1. The fraction of sp³-hybridized carbons (Fsp3) is 0.292. The van der Waals surface area contributed by atoms with Gasteiger partial charge in [0.1, 0.15) is 11.5 Å². The Labute approximate surface area is 183 Å². The predicted molar refractivity (Wildman–Crippen MR) is 126 cm³/mol. The zero-order chi connectivity index (χ0) is 22.0. The largest absolute Gasteiger partial charge is 0.536 e. The van der Waals surface area contributed by atoms with Crippen molar-refractivity contribution in [3.63, 3.8) is 0 Å². The Balaban J connectivity index is 1.77. The molecule has 0 saturated heterocycles. The van der Waals surface area contributed by atoms with Crippen LogP contribution in [0, 0.1) is 0 Å². The topological polar surface area (TPSA) is 52.4 Å². The van der Waals surface area contributed by atoms with Crippen LogP contribution >= 0.6 is 0 Å². The van der Waals surface area contributed by atoms with Gasteiger partial charge in [0.05, 0.1) is 13.2 Å².